The number of hydrogen-bond acceptors (Lipinski definition) is 5. The smallest absolute Gasteiger partial charge is 0.270 e. The van der Waals surface area contributed by atoms with Gasteiger partial charge in [-0.3, -0.25) is 10.1 Å². The highest BCUT2D eigenvalue weighted by Crippen LogP contribution is 2.33. The normalized spacial score (nSPS) is 16.5. The molecule has 0 saturated carbocycles. The Bertz CT molecular complexity index is 743. The first-order chi connectivity index (χ1) is 13.1. The van der Waals surface area contributed by atoms with Crippen LogP contribution in [0.1, 0.15) is 25.7 Å². The van der Waals surface area contributed by atoms with E-state index < -0.39 is 11.0 Å². The highest BCUT2D eigenvalue weighted by Gasteiger charge is 2.17. The first-order valence-electron chi connectivity index (χ1n) is 9.50. The summed E-state index contributed by atoms with van der Waals surface area (Å²) in [4.78, 5) is 13.0. The first kappa shape index (κ1) is 19.3. The molecule has 1 aliphatic rings. The van der Waals surface area contributed by atoms with Gasteiger partial charge < -0.3 is 14.7 Å². The fourth-order valence-corrected chi connectivity index (χ4v) is 3.46. The van der Waals surface area contributed by atoms with Gasteiger partial charge >= 0.3 is 0 Å². The summed E-state index contributed by atoms with van der Waals surface area (Å²) >= 11 is 0. The maximum Gasteiger partial charge on any atom is 0.270 e. The third-order valence-corrected chi connectivity index (χ3v) is 4.86. The van der Waals surface area contributed by atoms with E-state index in [4.69, 9.17) is 4.74 Å². The van der Waals surface area contributed by atoms with E-state index in [1.54, 1.807) is 6.07 Å². The SMILES string of the molecule is O=[N+]([O-])c1ccc(OCC(O)CN2CCCCCC2)c(-c2ccccc2)c1. The van der Waals surface area contributed by atoms with Crippen LogP contribution in [-0.2, 0) is 0 Å². The lowest BCUT2D eigenvalue weighted by atomic mass is 10.0. The third kappa shape index (κ3) is 5.52. The predicted octanol–water partition coefficient (Wildman–Crippen LogP) is 3.88. The molecular formula is C21H26N2O4. The molecule has 1 aliphatic heterocycles. The molecule has 0 spiro atoms. The van der Waals surface area contributed by atoms with Crippen molar-refractivity contribution in [2.75, 3.05) is 26.2 Å². The predicted molar refractivity (Wildman–Crippen MR) is 105 cm³/mol. The van der Waals surface area contributed by atoms with E-state index in [9.17, 15) is 15.2 Å². The van der Waals surface area contributed by atoms with Crippen LogP contribution in [0, 0.1) is 10.1 Å². The molecule has 1 saturated heterocycles. The maximum absolute atomic E-state index is 11.1. The van der Waals surface area contributed by atoms with Gasteiger partial charge in [0, 0.05) is 24.2 Å². The van der Waals surface area contributed by atoms with Crippen LogP contribution in [0.4, 0.5) is 5.69 Å². The number of rotatable bonds is 7. The molecule has 6 nitrogen and oxygen atoms in total. The van der Waals surface area contributed by atoms with E-state index >= 15 is 0 Å². The Balaban J connectivity index is 1.69. The molecule has 0 bridgehead atoms. The van der Waals surface area contributed by atoms with Crippen LogP contribution in [0.2, 0.25) is 0 Å². The Morgan fingerprint density at radius 1 is 1.07 bits per heavy atom. The molecule has 2 aromatic rings. The van der Waals surface area contributed by atoms with Crippen LogP contribution < -0.4 is 4.74 Å². The molecule has 3 rings (SSSR count). The van der Waals surface area contributed by atoms with E-state index in [-0.39, 0.29) is 12.3 Å². The third-order valence-electron chi connectivity index (χ3n) is 4.86. The van der Waals surface area contributed by atoms with Crippen LogP contribution in [0.25, 0.3) is 11.1 Å². The molecule has 1 atom stereocenters. The van der Waals surface area contributed by atoms with Crippen molar-refractivity contribution in [2.24, 2.45) is 0 Å². The number of aliphatic hydroxyl groups is 1. The molecule has 1 unspecified atom stereocenters. The summed E-state index contributed by atoms with van der Waals surface area (Å²) in [5.41, 5.74) is 1.52. The fourth-order valence-electron chi connectivity index (χ4n) is 3.46. The number of nitro groups is 1. The second-order valence-electron chi connectivity index (χ2n) is 6.98. The minimum Gasteiger partial charge on any atom is -0.490 e. The van der Waals surface area contributed by atoms with Crippen molar-refractivity contribution in [3.8, 4) is 16.9 Å². The monoisotopic (exact) mass is 370 g/mol. The molecule has 27 heavy (non-hydrogen) atoms. The molecule has 1 N–H and O–H groups in total. The molecule has 0 aromatic heterocycles. The van der Waals surface area contributed by atoms with Crippen molar-refractivity contribution in [3.63, 3.8) is 0 Å². The van der Waals surface area contributed by atoms with Crippen LogP contribution in [0.3, 0.4) is 0 Å². The Kier molecular flexibility index (Phi) is 6.79. The number of likely N-dealkylation sites (tertiary alicyclic amines) is 1. The van der Waals surface area contributed by atoms with Gasteiger partial charge in [0.05, 0.1) is 4.92 Å². The quantitative estimate of drug-likeness (QED) is 0.591. The minimum atomic E-state index is -0.595. The number of aliphatic hydroxyl groups excluding tert-OH is 1. The van der Waals surface area contributed by atoms with Crippen molar-refractivity contribution in [2.45, 2.75) is 31.8 Å². The second-order valence-corrected chi connectivity index (χ2v) is 6.98. The number of benzene rings is 2. The summed E-state index contributed by atoms with van der Waals surface area (Å²) in [7, 11) is 0. The standard InChI is InChI=1S/C21H26N2O4/c24-19(15-22-12-6-1-2-7-13-22)16-27-21-11-10-18(23(25)26)14-20(21)17-8-4-3-5-9-17/h3-5,8-11,14,19,24H,1-2,6-7,12-13,15-16H2. The van der Waals surface area contributed by atoms with Crippen molar-refractivity contribution in [1.82, 2.24) is 4.90 Å². The Morgan fingerprint density at radius 3 is 2.44 bits per heavy atom. The summed E-state index contributed by atoms with van der Waals surface area (Å²) in [5.74, 6) is 0.543. The largest absolute Gasteiger partial charge is 0.490 e. The molecule has 1 heterocycles. The summed E-state index contributed by atoms with van der Waals surface area (Å²) in [6, 6.07) is 14.0. The summed E-state index contributed by atoms with van der Waals surface area (Å²) in [6.07, 6.45) is 4.27. The lowest BCUT2D eigenvalue weighted by Gasteiger charge is -2.23. The highest BCUT2D eigenvalue weighted by molar-refractivity contribution is 5.72. The number of nitro benzene ring substituents is 1. The van der Waals surface area contributed by atoms with Crippen LogP contribution >= 0.6 is 0 Å². The first-order valence-corrected chi connectivity index (χ1v) is 9.50. The van der Waals surface area contributed by atoms with Gasteiger partial charge in [0.25, 0.3) is 5.69 Å². The summed E-state index contributed by atoms with van der Waals surface area (Å²) in [5, 5.41) is 21.5. The highest BCUT2D eigenvalue weighted by atomic mass is 16.6. The van der Waals surface area contributed by atoms with Gasteiger partial charge in [-0.1, -0.05) is 43.2 Å². The number of ether oxygens (including phenoxy) is 1. The van der Waals surface area contributed by atoms with Gasteiger partial charge in [0.1, 0.15) is 18.5 Å². The average molecular weight is 370 g/mol. The van der Waals surface area contributed by atoms with E-state index in [0.29, 0.717) is 17.9 Å². The minimum absolute atomic E-state index is 0.0197. The lowest BCUT2D eigenvalue weighted by Crippen LogP contribution is -2.36. The van der Waals surface area contributed by atoms with E-state index in [2.05, 4.69) is 4.90 Å². The van der Waals surface area contributed by atoms with Crippen LogP contribution in [0.5, 0.6) is 5.75 Å². The van der Waals surface area contributed by atoms with Gasteiger partial charge in [0.15, 0.2) is 0 Å². The zero-order valence-electron chi connectivity index (χ0n) is 15.4. The van der Waals surface area contributed by atoms with Gasteiger partial charge in [0.2, 0.25) is 0 Å². The maximum atomic E-state index is 11.1. The number of nitrogens with zero attached hydrogens (tertiary/aromatic N) is 2. The molecular weight excluding hydrogens is 344 g/mol. The molecule has 0 amide bonds. The Morgan fingerprint density at radius 2 is 1.78 bits per heavy atom. The number of hydrogen-bond donors (Lipinski definition) is 1. The molecule has 6 heteroatoms. The van der Waals surface area contributed by atoms with Crippen molar-refractivity contribution < 1.29 is 14.8 Å². The van der Waals surface area contributed by atoms with Crippen molar-refractivity contribution in [3.05, 3.63) is 58.6 Å². The number of β-amino-alcohol motifs (C(OH)–C–C–N with tert-alkyl or cyclic N) is 1. The second kappa shape index (κ2) is 9.48. The fraction of sp³-hybridized carbons (Fsp3) is 0.429. The van der Waals surface area contributed by atoms with Gasteiger partial charge in [-0.05, 0) is 37.6 Å². The van der Waals surface area contributed by atoms with Crippen LogP contribution in [-0.4, -0.2) is 47.3 Å². The molecule has 0 aliphatic carbocycles. The molecule has 144 valence electrons. The van der Waals surface area contributed by atoms with Gasteiger partial charge in [-0.25, -0.2) is 0 Å². The molecule has 0 radical (unpaired) electrons. The average Bonchev–Trinajstić information content (AvgIpc) is 2.95. The molecule has 2 aromatic carbocycles. The topological polar surface area (TPSA) is 75.8 Å². The summed E-state index contributed by atoms with van der Waals surface area (Å²) in [6.45, 7) is 2.79. The molecule has 1 fully saturated rings. The zero-order valence-corrected chi connectivity index (χ0v) is 15.4. The van der Waals surface area contributed by atoms with E-state index in [1.165, 1.54) is 37.8 Å². The van der Waals surface area contributed by atoms with Crippen molar-refractivity contribution >= 4 is 5.69 Å². The number of non-ortho nitro benzene ring substituents is 1. The summed E-state index contributed by atoms with van der Waals surface area (Å²) < 4.78 is 5.86. The van der Waals surface area contributed by atoms with Gasteiger partial charge in [-0.2, -0.15) is 0 Å². The van der Waals surface area contributed by atoms with Gasteiger partial charge in [-0.15, -0.1) is 0 Å². The Labute approximate surface area is 159 Å². The lowest BCUT2D eigenvalue weighted by molar-refractivity contribution is -0.384. The van der Waals surface area contributed by atoms with Crippen LogP contribution in [0.15, 0.2) is 48.5 Å². The van der Waals surface area contributed by atoms with Crippen molar-refractivity contribution in [1.29, 1.82) is 0 Å². The van der Waals surface area contributed by atoms with E-state index in [1.807, 2.05) is 30.3 Å². The Hall–Kier alpha value is -2.44. The zero-order chi connectivity index (χ0) is 19.1. The van der Waals surface area contributed by atoms with E-state index in [0.717, 1.165) is 18.7 Å².